The minimum atomic E-state index is -2.85. The molecule has 114 valence electrons. The first-order valence-corrected chi connectivity index (χ1v) is 7.12. The van der Waals surface area contributed by atoms with Crippen LogP contribution < -0.4 is 10.1 Å². The lowest BCUT2D eigenvalue weighted by atomic mass is 10.0. The molecule has 0 aliphatic rings. The van der Waals surface area contributed by atoms with Crippen molar-refractivity contribution in [1.29, 1.82) is 0 Å². The van der Waals surface area contributed by atoms with Gasteiger partial charge in [-0.05, 0) is 31.4 Å². The average molecular weight is 294 g/mol. The molecule has 3 nitrogen and oxygen atoms in total. The summed E-state index contributed by atoms with van der Waals surface area (Å²) in [7, 11) is 0. The molecule has 1 aromatic carbocycles. The summed E-state index contributed by atoms with van der Waals surface area (Å²) in [6.45, 7) is 4.09. The first-order chi connectivity index (χ1) is 10.0. The number of nitrogens with one attached hydrogen (secondary N) is 1. The van der Waals surface area contributed by atoms with E-state index in [1.165, 1.54) is 6.07 Å². The van der Waals surface area contributed by atoms with Crippen LogP contribution in [0.2, 0.25) is 0 Å². The highest BCUT2D eigenvalue weighted by atomic mass is 19.3. The zero-order chi connectivity index (χ0) is 15.4. The molecule has 0 saturated heterocycles. The topological polar surface area (TPSA) is 34.2 Å². The van der Waals surface area contributed by atoms with E-state index < -0.39 is 6.61 Å². The fourth-order valence-electron chi connectivity index (χ4n) is 2.33. The van der Waals surface area contributed by atoms with E-state index in [-0.39, 0.29) is 5.75 Å². The number of aromatic nitrogens is 1. The summed E-state index contributed by atoms with van der Waals surface area (Å²) in [5.41, 5.74) is 2.25. The molecule has 0 atom stereocenters. The van der Waals surface area contributed by atoms with Crippen molar-refractivity contribution in [3.05, 3.63) is 30.0 Å². The summed E-state index contributed by atoms with van der Waals surface area (Å²) in [6, 6.07) is 7.07. The second-order valence-corrected chi connectivity index (χ2v) is 5.32. The Bertz CT molecular complexity index is 614. The van der Waals surface area contributed by atoms with Crippen LogP contribution in [0.4, 0.5) is 14.5 Å². The maximum atomic E-state index is 12.5. The summed E-state index contributed by atoms with van der Waals surface area (Å²) in [6.07, 6.45) is 0.789. The molecule has 1 aromatic heterocycles. The fraction of sp³-hybridized carbons (Fsp3) is 0.438. The van der Waals surface area contributed by atoms with Gasteiger partial charge in [0.15, 0.2) is 5.75 Å². The second-order valence-electron chi connectivity index (χ2n) is 5.32. The number of halogens is 2. The van der Waals surface area contributed by atoms with Gasteiger partial charge in [-0.1, -0.05) is 26.0 Å². The van der Waals surface area contributed by atoms with Gasteiger partial charge in [-0.2, -0.15) is 8.78 Å². The Morgan fingerprint density at radius 1 is 1.29 bits per heavy atom. The standard InChI is InChI=1S/C16H20F2N2O/c1-4-19-13-9-11(8-10(2)3)20-15-12(13)6-5-7-14(15)21-16(17)18/h5-7,9-10,16H,4,8H2,1-3H3,(H,19,20). The average Bonchev–Trinajstić information content (AvgIpc) is 2.38. The van der Waals surface area contributed by atoms with Crippen LogP contribution in [0.3, 0.4) is 0 Å². The SMILES string of the molecule is CCNc1cc(CC(C)C)nc2c(OC(F)F)cccc12. The largest absolute Gasteiger partial charge is 0.432 e. The van der Waals surface area contributed by atoms with Crippen LogP contribution in [0.1, 0.15) is 26.5 Å². The minimum absolute atomic E-state index is 0.118. The molecule has 5 heteroatoms. The summed E-state index contributed by atoms with van der Waals surface area (Å²) in [5, 5.41) is 4.06. The first kappa shape index (κ1) is 15.5. The number of benzene rings is 1. The van der Waals surface area contributed by atoms with E-state index in [2.05, 4.69) is 28.9 Å². The van der Waals surface area contributed by atoms with Gasteiger partial charge >= 0.3 is 6.61 Å². The van der Waals surface area contributed by atoms with Gasteiger partial charge in [-0.25, -0.2) is 4.98 Å². The smallest absolute Gasteiger partial charge is 0.387 e. The Kier molecular flexibility index (Phi) is 4.94. The third kappa shape index (κ3) is 3.80. The lowest BCUT2D eigenvalue weighted by Gasteiger charge is -2.14. The van der Waals surface area contributed by atoms with Crippen LogP contribution >= 0.6 is 0 Å². The van der Waals surface area contributed by atoms with E-state index >= 15 is 0 Å². The Hall–Kier alpha value is -1.91. The monoisotopic (exact) mass is 294 g/mol. The maximum absolute atomic E-state index is 12.5. The van der Waals surface area contributed by atoms with E-state index in [1.807, 2.05) is 19.1 Å². The number of fused-ring (bicyclic) bond motifs is 1. The number of alkyl halides is 2. The Morgan fingerprint density at radius 3 is 2.67 bits per heavy atom. The Morgan fingerprint density at radius 2 is 2.05 bits per heavy atom. The number of pyridine rings is 1. The third-order valence-electron chi connectivity index (χ3n) is 3.06. The quantitative estimate of drug-likeness (QED) is 0.853. The fourth-order valence-corrected chi connectivity index (χ4v) is 2.33. The third-order valence-corrected chi connectivity index (χ3v) is 3.06. The van der Waals surface area contributed by atoms with Crippen LogP contribution in [0.25, 0.3) is 10.9 Å². The molecule has 1 N–H and O–H groups in total. The van der Waals surface area contributed by atoms with Crippen molar-refractivity contribution in [1.82, 2.24) is 4.98 Å². The van der Waals surface area contributed by atoms with Crippen LogP contribution in [0.15, 0.2) is 24.3 Å². The van der Waals surface area contributed by atoms with Crippen LogP contribution in [-0.2, 0) is 6.42 Å². The summed E-state index contributed by atoms with van der Waals surface area (Å²) < 4.78 is 29.7. The predicted octanol–water partition coefficient (Wildman–Crippen LogP) is 4.47. The van der Waals surface area contributed by atoms with Crippen molar-refractivity contribution in [2.75, 3.05) is 11.9 Å². The summed E-state index contributed by atoms with van der Waals surface area (Å²) >= 11 is 0. The van der Waals surface area contributed by atoms with Gasteiger partial charge in [-0.3, -0.25) is 0 Å². The molecule has 2 aromatic rings. The Balaban J connectivity index is 2.58. The van der Waals surface area contributed by atoms with E-state index in [4.69, 9.17) is 0 Å². The molecule has 0 saturated carbocycles. The van der Waals surface area contributed by atoms with E-state index in [9.17, 15) is 8.78 Å². The zero-order valence-corrected chi connectivity index (χ0v) is 12.5. The van der Waals surface area contributed by atoms with Crippen molar-refractivity contribution >= 4 is 16.6 Å². The molecule has 0 fully saturated rings. The van der Waals surface area contributed by atoms with Crippen LogP contribution in [0.5, 0.6) is 5.75 Å². The van der Waals surface area contributed by atoms with Crippen molar-refractivity contribution in [3.63, 3.8) is 0 Å². The number of hydrogen-bond acceptors (Lipinski definition) is 3. The van der Waals surface area contributed by atoms with Gasteiger partial charge in [0.1, 0.15) is 5.52 Å². The highest BCUT2D eigenvalue weighted by Gasteiger charge is 2.13. The maximum Gasteiger partial charge on any atom is 0.387 e. The summed E-state index contributed by atoms with van der Waals surface area (Å²) in [5.74, 6) is 0.555. The lowest BCUT2D eigenvalue weighted by molar-refractivity contribution is -0.0489. The van der Waals surface area contributed by atoms with Crippen molar-refractivity contribution < 1.29 is 13.5 Å². The number of rotatable bonds is 6. The number of anilines is 1. The number of ether oxygens (including phenoxy) is 1. The van der Waals surface area contributed by atoms with E-state index in [0.29, 0.717) is 11.4 Å². The highest BCUT2D eigenvalue weighted by Crippen LogP contribution is 2.31. The van der Waals surface area contributed by atoms with Gasteiger partial charge in [0.05, 0.1) is 0 Å². The van der Waals surface area contributed by atoms with Crippen LogP contribution in [0, 0.1) is 5.92 Å². The summed E-state index contributed by atoms with van der Waals surface area (Å²) in [4.78, 5) is 4.51. The lowest BCUT2D eigenvalue weighted by Crippen LogP contribution is -2.06. The van der Waals surface area contributed by atoms with E-state index in [0.717, 1.165) is 29.7 Å². The number of hydrogen-bond donors (Lipinski definition) is 1. The van der Waals surface area contributed by atoms with E-state index in [1.54, 1.807) is 6.07 Å². The molecule has 0 spiro atoms. The normalized spacial score (nSPS) is 11.4. The molecule has 0 bridgehead atoms. The number of nitrogens with zero attached hydrogens (tertiary/aromatic N) is 1. The molecule has 2 rings (SSSR count). The molecule has 1 heterocycles. The molecule has 0 amide bonds. The molecule has 0 aliphatic carbocycles. The second kappa shape index (κ2) is 6.70. The molecule has 0 unspecified atom stereocenters. The number of para-hydroxylation sites is 1. The van der Waals surface area contributed by atoms with Gasteiger partial charge in [0.25, 0.3) is 0 Å². The zero-order valence-electron chi connectivity index (χ0n) is 12.5. The van der Waals surface area contributed by atoms with Gasteiger partial charge in [0.2, 0.25) is 0 Å². The van der Waals surface area contributed by atoms with Gasteiger partial charge in [-0.15, -0.1) is 0 Å². The van der Waals surface area contributed by atoms with Crippen LogP contribution in [-0.4, -0.2) is 18.1 Å². The predicted molar refractivity (Wildman–Crippen MR) is 81.1 cm³/mol. The van der Waals surface area contributed by atoms with Crippen molar-refractivity contribution in [2.45, 2.75) is 33.8 Å². The molecular formula is C16H20F2N2O. The van der Waals surface area contributed by atoms with Gasteiger partial charge in [0, 0.05) is 23.3 Å². The highest BCUT2D eigenvalue weighted by molar-refractivity contribution is 5.95. The minimum Gasteiger partial charge on any atom is -0.432 e. The Labute approximate surface area is 123 Å². The molecule has 0 aliphatic heterocycles. The van der Waals surface area contributed by atoms with Gasteiger partial charge < -0.3 is 10.1 Å². The molecule has 0 radical (unpaired) electrons. The molecular weight excluding hydrogens is 274 g/mol. The van der Waals surface area contributed by atoms with Crippen molar-refractivity contribution in [2.24, 2.45) is 5.92 Å². The van der Waals surface area contributed by atoms with Crippen molar-refractivity contribution in [3.8, 4) is 5.75 Å². The first-order valence-electron chi connectivity index (χ1n) is 7.12. The molecule has 21 heavy (non-hydrogen) atoms.